The van der Waals surface area contributed by atoms with E-state index in [2.05, 4.69) is 5.32 Å². The quantitative estimate of drug-likeness (QED) is 0.507. The molecule has 2 amide bonds. The number of nitrogens with one attached hydrogen (secondary N) is 1. The summed E-state index contributed by atoms with van der Waals surface area (Å²) in [5.74, 6) is -1.36. The highest BCUT2D eigenvalue weighted by Crippen LogP contribution is 2.22. The number of nitrogens with zero attached hydrogens (tertiary/aromatic N) is 2. The van der Waals surface area contributed by atoms with Crippen molar-refractivity contribution in [2.75, 3.05) is 18.4 Å². The normalized spacial score (nSPS) is 10.6. The molecule has 0 atom stereocenters. The van der Waals surface area contributed by atoms with Gasteiger partial charge in [0.25, 0.3) is 11.7 Å². The zero-order valence-electron chi connectivity index (χ0n) is 16.0. The summed E-state index contributed by atoms with van der Waals surface area (Å²) in [5.41, 5.74) is 1.59. The molecule has 0 aliphatic heterocycles. The maximum absolute atomic E-state index is 12.8. The van der Waals surface area contributed by atoms with Gasteiger partial charge < -0.3 is 14.8 Å². The van der Waals surface area contributed by atoms with Crippen LogP contribution >= 0.6 is 0 Å². The lowest BCUT2D eigenvalue weighted by Gasteiger charge is -2.19. The zero-order chi connectivity index (χ0) is 20.1. The summed E-state index contributed by atoms with van der Waals surface area (Å²) in [7, 11) is 0. The minimum Gasteiger partial charge on any atom is -0.342 e. The Morgan fingerprint density at radius 1 is 0.929 bits per heavy atom. The number of benzene rings is 2. The predicted octanol–water partition coefficient (Wildman–Crippen LogP) is 3.33. The van der Waals surface area contributed by atoms with Crippen molar-refractivity contribution >= 4 is 34.2 Å². The maximum atomic E-state index is 12.8. The van der Waals surface area contributed by atoms with Crippen molar-refractivity contribution in [2.24, 2.45) is 0 Å². The Kier molecular flexibility index (Phi) is 5.89. The fraction of sp³-hybridized carbons (Fsp3) is 0.227. The van der Waals surface area contributed by atoms with Crippen molar-refractivity contribution in [1.29, 1.82) is 0 Å². The van der Waals surface area contributed by atoms with Gasteiger partial charge in [0.2, 0.25) is 5.91 Å². The van der Waals surface area contributed by atoms with E-state index in [1.807, 2.05) is 38.1 Å². The van der Waals surface area contributed by atoms with Gasteiger partial charge in [0, 0.05) is 35.9 Å². The van der Waals surface area contributed by atoms with Crippen LogP contribution in [-0.4, -0.2) is 40.2 Å². The van der Waals surface area contributed by atoms with Gasteiger partial charge in [-0.2, -0.15) is 0 Å². The van der Waals surface area contributed by atoms with Gasteiger partial charge in [-0.1, -0.05) is 36.4 Å². The molecule has 1 N–H and O–H groups in total. The van der Waals surface area contributed by atoms with Crippen molar-refractivity contribution in [3.63, 3.8) is 0 Å². The molecule has 3 aromatic rings. The first-order valence-corrected chi connectivity index (χ1v) is 9.31. The third-order valence-electron chi connectivity index (χ3n) is 4.69. The summed E-state index contributed by atoms with van der Waals surface area (Å²) in [6, 6.07) is 16.1. The van der Waals surface area contributed by atoms with E-state index in [1.54, 1.807) is 46.0 Å². The largest absolute Gasteiger partial charge is 0.342 e. The fourth-order valence-electron chi connectivity index (χ4n) is 3.21. The Hall–Kier alpha value is -3.41. The second-order valence-corrected chi connectivity index (χ2v) is 6.40. The molecule has 0 radical (unpaired) electrons. The van der Waals surface area contributed by atoms with Gasteiger partial charge in [0.15, 0.2) is 0 Å². The summed E-state index contributed by atoms with van der Waals surface area (Å²) in [6.07, 6.45) is 1.60. The first kappa shape index (κ1) is 19.4. The molecule has 144 valence electrons. The van der Waals surface area contributed by atoms with E-state index in [-0.39, 0.29) is 18.0 Å². The van der Waals surface area contributed by atoms with Crippen molar-refractivity contribution in [2.45, 2.75) is 20.4 Å². The zero-order valence-corrected chi connectivity index (χ0v) is 16.0. The number of rotatable bonds is 7. The Labute approximate surface area is 163 Å². The van der Waals surface area contributed by atoms with Crippen LogP contribution in [-0.2, 0) is 16.1 Å². The van der Waals surface area contributed by atoms with E-state index in [0.717, 1.165) is 5.52 Å². The SMILES string of the molecule is CCN(CC)C(=O)Cn1cc(C(=O)C(=O)Nc2ccccc2)c2ccccc21. The number of anilines is 1. The summed E-state index contributed by atoms with van der Waals surface area (Å²) in [5, 5.41) is 3.27. The Balaban J connectivity index is 1.90. The van der Waals surface area contributed by atoms with Crippen LogP contribution in [0, 0.1) is 0 Å². The molecule has 0 bridgehead atoms. The van der Waals surface area contributed by atoms with Crippen LogP contribution in [0.15, 0.2) is 60.8 Å². The van der Waals surface area contributed by atoms with Crippen LogP contribution < -0.4 is 5.32 Å². The Morgan fingerprint density at radius 3 is 2.25 bits per heavy atom. The number of Topliss-reactive ketones (excluding diaryl/α,β-unsaturated/α-hetero) is 1. The number of ketones is 1. The maximum Gasteiger partial charge on any atom is 0.296 e. The molecular weight excluding hydrogens is 354 g/mol. The minimum absolute atomic E-state index is 0.0292. The van der Waals surface area contributed by atoms with Crippen LogP contribution in [0.5, 0.6) is 0 Å². The lowest BCUT2D eigenvalue weighted by molar-refractivity contribution is -0.131. The molecule has 0 unspecified atom stereocenters. The number of hydrogen-bond acceptors (Lipinski definition) is 3. The molecule has 6 heteroatoms. The predicted molar refractivity (Wildman–Crippen MR) is 109 cm³/mol. The Morgan fingerprint density at radius 2 is 1.57 bits per heavy atom. The monoisotopic (exact) mass is 377 g/mol. The van der Waals surface area contributed by atoms with Crippen molar-refractivity contribution in [1.82, 2.24) is 9.47 Å². The molecule has 28 heavy (non-hydrogen) atoms. The highest BCUT2D eigenvalue weighted by atomic mass is 16.2. The number of carbonyl (C=O) groups excluding carboxylic acids is 3. The van der Waals surface area contributed by atoms with E-state index < -0.39 is 11.7 Å². The standard InChI is InChI=1S/C22H23N3O3/c1-3-24(4-2)20(26)15-25-14-18(17-12-8-9-13-19(17)25)21(27)22(28)23-16-10-6-5-7-11-16/h5-14H,3-4,15H2,1-2H3,(H,23,28). The number of amides is 2. The topological polar surface area (TPSA) is 71.4 Å². The number of likely N-dealkylation sites (N-methyl/N-ethyl adjacent to an activating group) is 1. The summed E-state index contributed by atoms with van der Waals surface area (Å²) in [6.45, 7) is 5.23. The van der Waals surface area contributed by atoms with E-state index in [1.165, 1.54) is 0 Å². The molecule has 0 fully saturated rings. The molecule has 1 aromatic heterocycles. The van der Waals surface area contributed by atoms with Crippen molar-refractivity contribution in [3.05, 3.63) is 66.4 Å². The van der Waals surface area contributed by atoms with E-state index in [0.29, 0.717) is 24.2 Å². The second kappa shape index (κ2) is 8.52. The summed E-state index contributed by atoms with van der Waals surface area (Å²) >= 11 is 0. The Bertz CT molecular complexity index is 1000. The molecule has 3 rings (SSSR count). The van der Waals surface area contributed by atoms with Crippen molar-refractivity contribution < 1.29 is 14.4 Å². The van der Waals surface area contributed by atoms with Crippen LogP contribution in [0.25, 0.3) is 10.9 Å². The van der Waals surface area contributed by atoms with Gasteiger partial charge in [-0.3, -0.25) is 14.4 Å². The highest BCUT2D eigenvalue weighted by Gasteiger charge is 2.22. The molecule has 0 aliphatic rings. The van der Waals surface area contributed by atoms with E-state index >= 15 is 0 Å². The van der Waals surface area contributed by atoms with Gasteiger partial charge >= 0.3 is 0 Å². The van der Waals surface area contributed by atoms with E-state index in [4.69, 9.17) is 0 Å². The average Bonchev–Trinajstić information content (AvgIpc) is 3.07. The highest BCUT2D eigenvalue weighted by molar-refractivity contribution is 6.48. The van der Waals surface area contributed by atoms with Gasteiger partial charge in [-0.15, -0.1) is 0 Å². The third-order valence-corrected chi connectivity index (χ3v) is 4.69. The number of para-hydroxylation sites is 2. The first-order chi connectivity index (χ1) is 13.5. The lowest BCUT2D eigenvalue weighted by Crippen LogP contribution is -2.33. The fourth-order valence-corrected chi connectivity index (χ4v) is 3.21. The summed E-state index contributed by atoms with van der Waals surface area (Å²) in [4.78, 5) is 39.5. The number of carbonyl (C=O) groups is 3. The van der Waals surface area contributed by atoms with Crippen molar-refractivity contribution in [3.8, 4) is 0 Å². The summed E-state index contributed by atoms with van der Waals surface area (Å²) < 4.78 is 1.74. The molecule has 0 aliphatic carbocycles. The van der Waals surface area contributed by atoms with Gasteiger partial charge in [-0.25, -0.2) is 0 Å². The minimum atomic E-state index is -0.704. The lowest BCUT2D eigenvalue weighted by atomic mass is 10.1. The van der Waals surface area contributed by atoms with Gasteiger partial charge in [0.1, 0.15) is 6.54 Å². The van der Waals surface area contributed by atoms with Crippen LogP contribution in [0.2, 0.25) is 0 Å². The molecule has 0 spiro atoms. The molecule has 1 heterocycles. The third kappa shape index (κ3) is 3.96. The van der Waals surface area contributed by atoms with Crippen LogP contribution in [0.1, 0.15) is 24.2 Å². The molecule has 0 saturated carbocycles. The molecule has 2 aromatic carbocycles. The molecule has 6 nitrogen and oxygen atoms in total. The average molecular weight is 377 g/mol. The number of fused-ring (bicyclic) bond motifs is 1. The van der Waals surface area contributed by atoms with Gasteiger partial charge in [-0.05, 0) is 32.0 Å². The molecule has 0 saturated heterocycles. The molecular formula is C22H23N3O3. The smallest absolute Gasteiger partial charge is 0.296 e. The second-order valence-electron chi connectivity index (χ2n) is 6.40. The van der Waals surface area contributed by atoms with Crippen LogP contribution in [0.4, 0.5) is 5.69 Å². The van der Waals surface area contributed by atoms with E-state index in [9.17, 15) is 14.4 Å². The first-order valence-electron chi connectivity index (χ1n) is 9.31. The number of hydrogen-bond donors (Lipinski definition) is 1. The van der Waals surface area contributed by atoms with Gasteiger partial charge in [0.05, 0.1) is 5.56 Å². The number of aromatic nitrogens is 1. The van der Waals surface area contributed by atoms with Crippen LogP contribution in [0.3, 0.4) is 0 Å².